The van der Waals surface area contributed by atoms with Crippen LogP contribution in [0.2, 0.25) is 0 Å². The van der Waals surface area contributed by atoms with Crippen LogP contribution in [0.15, 0.2) is 34.7 Å². The molecular formula is C20H19FN2O5. The number of aromatic hydroxyl groups is 1. The van der Waals surface area contributed by atoms with Gasteiger partial charge in [-0.2, -0.15) is 0 Å². The second kappa shape index (κ2) is 7.22. The van der Waals surface area contributed by atoms with Crippen LogP contribution >= 0.6 is 0 Å². The molecular weight excluding hydrogens is 367 g/mol. The fourth-order valence-corrected chi connectivity index (χ4v) is 3.13. The number of hydrogen-bond acceptors (Lipinski definition) is 5. The predicted molar refractivity (Wildman–Crippen MR) is 99.9 cm³/mol. The zero-order valence-electron chi connectivity index (χ0n) is 15.6. The van der Waals surface area contributed by atoms with E-state index in [4.69, 9.17) is 14.9 Å². The molecule has 0 fully saturated rings. The molecule has 3 rings (SSSR count). The first-order chi connectivity index (χ1) is 13.2. The number of nitrogens with zero attached hydrogens (tertiary/aromatic N) is 1. The van der Waals surface area contributed by atoms with E-state index in [1.54, 1.807) is 26.1 Å². The number of furan rings is 1. The summed E-state index contributed by atoms with van der Waals surface area (Å²) in [4.78, 5) is 26.0. The zero-order chi connectivity index (χ0) is 20.6. The smallest absolute Gasteiger partial charge is 0.289 e. The van der Waals surface area contributed by atoms with Gasteiger partial charge in [0.2, 0.25) is 0 Å². The Morgan fingerprint density at radius 3 is 2.64 bits per heavy atom. The van der Waals surface area contributed by atoms with Gasteiger partial charge in [0.25, 0.3) is 11.8 Å². The lowest BCUT2D eigenvalue weighted by Crippen LogP contribution is -2.26. The maximum atomic E-state index is 13.4. The third-order valence-corrected chi connectivity index (χ3v) is 4.46. The highest BCUT2D eigenvalue weighted by atomic mass is 19.1. The highest BCUT2D eigenvalue weighted by molar-refractivity contribution is 6.11. The van der Waals surface area contributed by atoms with Gasteiger partial charge in [-0.1, -0.05) is 12.1 Å². The SMILES string of the molecule is COc1cc(O)c(C(N)=O)c2oc(C(=O)N(C)Cc3cccc(F)c3)c(C)c12. The van der Waals surface area contributed by atoms with Gasteiger partial charge >= 0.3 is 0 Å². The molecule has 2 aromatic carbocycles. The maximum Gasteiger partial charge on any atom is 0.289 e. The minimum absolute atomic E-state index is 0.0237. The average Bonchev–Trinajstić information content (AvgIpc) is 2.97. The van der Waals surface area contributed by atoms with Crippen molar-refractivity contribution in [3.05, 3.63) is 58.6 Å². The number of carbonyl (C=O) groups is 2. The van der Waals surface area contributed by atoms with E-state index in [9.17, 15) is 19.1 Å². The average molecular weight is 386 g/mol. The Morgan fingerprint density at radius 2 is 2.04 bits per heavy atom. The van der Waals surface area contributed by atoms with Gasteiger partial charge in [-0.05, 0) is 24.6 Å². The second-order valence-corrected chi connectivity index (χ2v) is 6.39. The van der Waals surface area contributed by atoms with Gasteiger partial charge < -0.3 is 24.9 Å². The summed E-state index contributed by atoms with van der Waals surface area (Å²) >= 11 is 0. The number of fused-ring (bicyclic) bond motifs is 1. The van der Waals surface area contributed by atoms with Crippen LogP contribution in [0.5, 0.6) is 11.5 Å². The molecule has 3 aromatic rings. The molecule has 0 atom stereocenters. The molecule has 3 N–H and O–H groups in total. The Morgan fingerprint density at radius 1 is 1.32 bits per heavy atom. The van der Waals surface area contributed by atoms with E-state index in [1.807, 2.05) is 0 Å². The van der Waals surface area contributed by atoms with Gasteiger partial charge in [0.15, 0.2) is 11.3 Å². The van der Waals surface area contributed by atoms with Crippen LogP contribution in [-0.2, 0) is 6.54 Å². The molecule has 0 saturated heterocycles. The number of amides is 2. The Kier molecular flexibility index (Phi) is 4.96. The number of nitrogens with two attached hydrogens (primary N) is 1. The van der Waals surface area contributed by atoms with Crippen molar-refractivity contribution >= 4 is 22.8 Å². The summed E-state index contributed by atoms with van der Waals surface area (Å²) in [6.45, 7) is 1.79. The van der Waals surface area contributed by atoms with E-state index in [2.05, 4.69) is 0 Å². The molecule has 0 aliphatic rings. The van der Waals surface area contributed by atoms with Crippen LogP contribution < -0.4 is 10.5 Å². The van der Waals surface area contributed by atoms with Gasteiger partial charge in [-0.15, -0.1) is 0 Å². The van der Waals surface area contributed by atoms with Crippen molar-refractivity contribution in [2.24, 2.45) is 5.73 Å². The summed E-state index contributed by atoms with van der Waals surface area (Å²) in [5, 5.41) is 10.5. The fourth-order valence-electron chi connectivity index (χ4n) is 3.13. The van der Waals surface area contributed by atoms with Crippen molar-refractivity contribution < 1.29 is 28.2 Å². The molecule has 0 aliphatic carbocycles. The molecule has 0 saturated carbocycles. The largest absolute Gasteiger partial charge is 0.507 e. The summed E-state index contributed by atoms with van der Waals surface area (Å²) in [6.07, 6.45) is 0. The highest BCUT2D eigenvalue weighted by Gasteiger charge is 2.28. The lowest BCUT2D eigenvalue weighted by molar-refractivity contribution is 0.0754. The van der Waals surface area contributed by atoms with Gasteiger partial charge in [-0.25, -0.2) is 4.39 Å². The summed E-state index contributed by atoms with van der Waals surface area (Å²) in [6, 6.07) is 7.16. The summed E-state index contributed by atoms with van der Waals surface area (Å²) < 4.78 is 24.3. The van der Waals surface area contributed by atoms with Crippen molar-refractivity contribution in [3.8, 4) is 11.5 Å². The van der Waals surface area contributed by atoms with Crippen LogP contribution in [0, 0.1) is 12.7 Å². The maximum absolute atomic E-state index is 13.4. The molecule has 146 valence electrons. The number of carbonyl (C=O) groups excluding carboxylic acids is 2. The highest BCUT2D eigenvalue weighted by Crippen LogP contribution is 2.40. The van der Waals surface area contributed by atoms with Crippen molar-refractivity contribution in [3.63, 3.8) is 0 Å². The lowest BCUT2D eigenvalue weighted by Gasteiger charge is -2.16. The summed E-state index contributed by atoms with van der Waals surface area (Å²) in [7, 11) is 2.94. The van der Waals surface area contributed by atoms with Gasteiger partial charge in [0.05, 0.1) is 12.5 Å². The first-order valence-corrected chi connectivity index (χ1v) is 8.37. The molecule has 7 nitrogen and oxygen atoms in total. The summed E-state index contributed by atoms with van der Waals surface area (Å²) in [5.74, 6) is -1.96. The van der Waals surface area contributed by atoms with Crippen LogP contribution in [0.4, 0.5) is 4.39 Å². The predicted octanol–water partition coefficient (Wildman–Crippen LogP) is 2.97. The monoisotopic (exact) mass is 386 g/mol. The Labute approximate surface area is 160 Å². The van der Waals surface area contributed by atoms with E-state index >= 15 is 0 Å². The fraction of sp³-hybridized carbons (Fsp3) is 0.200. The number of hydrogen-bond donors (Lipinski definition) is 2. The first kappa shape index (κ1) is 19.2. The summed E-state index contributed by atoms with van der Waals surface area (Å²) in [5.41, 5.74) is 6.14. The molecule has 0 aliphatic heterocycles. The van der Waals surface area contributed by atoms with Gasteiger partial charge in [0, 0.05) is 25.2 Å². The molecule has 1 heterocycles. The van der Waals surface area contributed by atoms with Crippen molar-refractivity contribution in [1.29, 1.82) is 0 Å². The minimum Gasteiger partial charge on any atom is -0.507 e. The number of rotatable bonds is 5. The zero-order valence-corrected chi connectivity index (χ0v) is 15.6. The van der Waals surface area contributed by atoms with E-state index in [1.165, 1.54) is 30.2 Å². The lowest BCUT2D eigenvalue weighted by atomic mass is 10.1. The van der Waals surface area contributed by atoms with Crippen molar-refractivity contribution in [1.82, 2.24) is 4.90 Å². The molecule has 0 bridgehead atoms. The van der Waals surface area contributed by atoms with Crippen LogP contribution in [0.1, 0.15) is 32.0 Å². The third kappa shape index (κ3) is 3.24. The van der Waals surface area contributed by atoms with E-state index < -0.39 is 23.4 Å². The number of halogens is 1. The molecule has 8 heteroatoms. The van der Waals surface area contributed by atoms with Crippen molar-refractivity contribution in [2.45, 2.75) is 13.5 Å². The molecule has 2 amide bonds. The van der Waals surface area contributed by atoms with Crippen molar-refractivity contribution in [2.75, 3.05) is 14.2 Å². The number of aryl methyl sites for hydroxylation is 1. The Balaban J connectivity index is 2.07. The molecule has 0 unspecified atom stereocenters. The number of ether oxygens (including phenoxy) is 1. The topological polar surface area (TPSA) is 106 Å². The number of benzene rings is 2. The number of phenols is 1. The third-order valence-electron chi connectivity index (χ3n) is 4.46. The minimum atomic E-state index is -0.897. The molecule has 0 spiro atoms. The van der Waals surface area contributed by atoms with E-state index in [0.29, 0.717) is 16.5 Å². The normalized spacial score (nSPS) is 10.9. The number of primary amides is 1. The second-order valence-electron chi connectivity index (χ2n) is 6.39. The Hall–Kier alpha value is -3.55. The van der Waals surface area contributed by atoms with E-state index in [0.717, 1.165) is 0 Å². The quantitative estimate of drug-likeness (QED) is 0.701. The van der Waals surface area contributed by atoms with Gasteiger partial charge in [0.1, 0.15) is 22.9 Å². The number of methoxy groups -OCH3 is 1. The van der Waals surface area contributed by atoms with E-state index in [-0.39, 0.29) is 29.2 Å². The van der Waals surface area contributed by atoms with Gasteiger partial charge in [-0.3, -0.25) is 9.59 Å². The Bertz CT molecular complexity index is 1090. The molecule has 28 heavy (non-hydrogen) atoms. The first-order valence-electron chi connectivity index (χ1n) is 8.37. The standard InChI is InChI=1S/C20H19FN2O5/c1-10-15-14(27-3)8-13(24)16(19(22)25)18(15)28-17(10)20(26)23(2)9-11-5-4-6-12(21)7-11/h4-8,24H,9H2,1-3H3,(H2,22,25). The van der Waals surface area contributed by atoms with Crippen LogP contribution in [0.3, 0.4) is 0 Å². The molecule has 1 aromatic heterocycles. The van der Waals surface area contributed by atoms with Crippen LogP contribution in [-0.4, -0.2) is 36.0 Å². The molecule has 0 radical (unpaired) electrons. The van der Waals surface area contributed by atoms with Crippen LogP contribution in [0.25, 0.3) is 11.0 Å².